The number of rotatable bonds is 3. The number of aryl methyl sites for hydroxylation is 1. The minimum Gasteiger partial charge on any atom is -0.349 e. The third kappa shape index (κ3) is 4.37. The van der Waals surface area contributed by atoms with Crippen LogP contribution in [0.15, 0.2) is 42.5 Å². The Kier molecular flexibility index (Phi) is 5.84. The summed E-state index contributed by atoms with van der Waals surface area (Å²) in [4.78, 5) is 26.7. The monoisotopic (exact) mass is 390 g/mol. The lowest BCUT2D eigenvalue weighted by Gasteiger charge is -2.32. The van der Waals surface area contributed by atoms with Crippen molar-refractivity contribution in [2.24, 2.45) is 0 Å². The van der Waals surface area contributed by atoms with Crippen molar-refractivity contribution < 1.29 is 9.59 Å². The Balaban J connectivity index is 1.56. The molecular formula is C20H20Cl2N2O2. The second-order valence-corrected chi connectivity index (χ2v) is 7.35. The molecule has 0 radical (unpaired) electrons. The molecule has 2 amide bonds. The second kappa shape index (κ2) is 8.11. The van der Waals surface area contributed by atoms with Gasteiger partial charge in [-0.2, -0.15) is 0 Å². The molecule has 0 unspecified atom stereocenters. The summed E-state index contributed by atoms with van der Waals surface area (Å²) in [6.07, 6.45) is 1.45. The lowest BCUT2D eigenvalue weighted by Crippen LogP contribution is -2.46. The first-order valence-electron chi connectivity index (χ1n) is 8.56. The molecule has 0 aromatic heterocycles. The maximum absolute atomic E-state index is 12.6. The Morgan fingerprint density at radius 3 is 2.38 bits per heavy atom. The molecule has 0 aliphatic carbocycles. The van der Waals surface area contributed by atoms with Crippen molar-refractivity contribution in [2.75, 3.05) is 13.1 Å². The molecule has 6 heteroatoms. The van der Waals surface area contributed by atoms with Gasteiger partial charge in [0.15, 0.2) is 0 Å². The van der Waals surface area contributed by atoms with Gasteiger partial charge in [0.05, 0.1) is 10.0 Å². The van der Waals surface area contributed by atoms with Crippen LogP contribution in [0.2, 0.25) is 10.0 Å². The smallest absolute Gasteiger partial charge is 0.253 e. The first kappa shape index (κ1) is 18.7. The Morgan fingerprint density at radius 2 is 1.73 bits per heavy atom. The van der Waals surface area contributed by atoms with Gasteiger partial charge in [0.2, 0.25) is 0 Å². The number of halogens is 2. The van der Waals surface area contributed by atoms with Gasteiger partial charge >= 0.3 is 0 Å². The van der Waals surface area contributed by atoms with E-state index >= 15 is 0 Å². The van der Waals surface area contributed by atoms with E-state index in [2.05, 4.69) is 5.32 Å². The quantitative estimate of drug-likeness (QED) is 0.847. The van der Waals surface area contributed by atoms with E-state index in [1.165, 1.54) is 0 Å². The van der Waals surface area contributed by atoms with Crippen LogP contribution in [0.5, 0.6) is 0 Å². The Labute approximate surface area is 163 Å². The van der Waals surface area contributed by atoms with Crippen molar-refractivity contribution in [1.82, 2.24) is 10.2 Å². The van der Waals surface area contributed by atoms with Gasteiger partial charge in [-0.15, -0.1) is 0 Å². The van der Waals surface area contributed by atoms with Crippen molar-refractivity contribution in [3.63, 3.8) is 0 Å². The molecule has 1 heterocycles. The van der Waals surface area contributed by atoms with Crippen LogP contribution in [0.25, 0.3) is 0 Å². The first-order valence-corrected chi connectivity index (χ1v) is 9.31. The standard InChI is InChI=1S/C20H20Cl2N2O2/c1-13-3-2-4-14(11-13)19(25)23-16-7-9-24(10-8-16)20(26)15-5-6-17(21)18(22)12-15/h2-6,11-12,16H,7-10H2,1H3,(H,23,25). The van der Waals surface area contributed by atoms with Crippen LogP contribution >= 0.6 is 23.2 Å². The van der Waals surface area contributed by atoms with Gasteiger partial charge in [0.1, 0.15) is 0 Å². The van der Waals surface area contributed by atoms with Crippen LogP contribution in [-0.4, -0.2) is 35.8 Å². The molecular weight excluding hydrogens is 371 g/mol. The van der Waals surface area contributed by atoms with Gasteiger partial charge in [0, 0.05) is 30.3 Å². The highest BCUT2D eigenvalue weighted by Gasteiger charge is 2.25. The number of amides is 2. The number of hydrogen-bond acceptors (Lipinski definition) is 2. The van der Waals surface area contributed by atoms with Crippen LogP contribution in [0.1, 0.15) is 39.1 Å². The number of carbonyl (C=O) groups is 2. The fourth-order valence-electron chi connectivity index (χ4n) is 3.09. The maximum atomic E-state index is 12.6. The summed E-state index contributed by atoms with van der Waals surface area (Å²) in [5.41, 5.74) is 2.25. The fourth-order valence-corrected chi connectivity index (χ4v) is 3.39. The Hall–Kier alpha value is -2.04. The fraction of sp³-hybridized carbons (Fsp3) is 0.300. The summed E-state index contributed by atoms with van der Waals surface area (Å²) in [6, 6.07) is 12.5. The average molecular weight is 391 g/mol. The number of nitrogens with one attached hydrogen (secondary N) is 1. The highest BCUT2D eigenvalue weighted by molar-refractivity contribution is 6.42. The number of nitrogens with zero attached hydrogens (tertiary/aromatic N) is 1. The molecule has 2 aromatic carbocycles. The number of carbonyl (C=O) groups excluding carboxylic acids is 2. The molecule has 0 atom stereocenters. The molecule has 0 spiro atoms. The number of hydrogen-bond donors (Lipinski definition) is 1. The molecule has 1 fully saturated rings. The summed E-state index contributed by atoms with van der Waals surface area (Å²) in [5, 5.41) is 3.87. The molecule has 26 heavy (non-hydrogen) atoms. The third-order valence-corrected chi connectivity index (χ3v) is 5.30. The lowest BCUT2D eigenvalue weighted by atomic mass is 10.0. The normalized spacial score (nSPS) is 15.0. The van der Waals surface area contributed by atoms with E-state index in [0.29, 0.717) is 34.3 Å². The SMILES string of the molecule is Cc1cccc(C(=O)NC2CCN(C(=O)c3ccc(Cl)c(Cl)c3)CC2)c1. The van der Waals surface area contributed by atoms with Crippen molar-refractivity contribution in [2.45, 2.75) is 25.8 Å². The highest BCUT2D eigenvalue weighted by Crippen LogP contribution is 2.24. The summed E-state index contributed by atoms with van der Waals surface area (Å²) >= 11 is 11.9. The predicted octanol–water partition coefficient (Wildman–Crippen LogP) is 4.34. The van der Waals surface area contributed by atoms with E-state index in [1.54, 1.807) is 23.1 Å². The van der Waals surface area contributed by atoms with Crippen molar-refractivity contribution in [1.29, 1.82) is 0 Å². The minimum absolute atomic E-state index is 0.0629. The van der Waals surface area contributed by atoms with Crippen LogP contribution in [0, 0.1) is 6.92 Å². The van der Waals surface area contributed by atoms with Crippen LogP contribution in [0.3, 0.4) is 0 Å². The Bertz CT molecular complexity index is 830. The van der Waals surface area contributed by atoms with Gasteiger partial charge < -0.3 is 10.2 Å². The number of likely N-dealkylation sites (tertiary alicyclic amines) is 1. The molecule has 1 saturated heterocycles. The molecule has 1 N–H and O–H groups in total. The minimum atomic E-state index is -0.0667. The van der Waals surface area contributed by atoms with E-state index in [0.717, 1.165) is 18.4 Å². The zero-order valence-corrected chi connectivity index (χ0v) is 16.0. The van der Waals surface area contributed by atoms with E-state index in [9.17, 15) is 9.59 Å². The molecule has 0 bridgehead atoms. The van der Waals surface area contributed by atoms with Crippen LogP contribution in [0.4, 0.5) is 0 Å². The van der Waals surface area contributed by atoms with E-state index in [1.807, 2.05) is 31.2 Å². The summed E-state index contributed by atoms with van der Waals surface area (Å²) in [5.74, 6) is -0.130. The van der Waals surface area contributed by atoms with Gasteiger partial charge in [-0.1, -0.05) is 40.9 Å². The summed E-state index contributed by atoms with van der Waals surface area (Å²) in [6.45, 7) is 3.15. The van der Waals surface area contributed by atoms with E-state index < -0.39 is 0 Å². The predicted molar refractivity (Wildman–Crippen MR) is 104 cm³/mol. The molecule has 2 aromatic rings. The first-order chi connectivity index (χ1) is 12.4. The summed E-state index contributed by atoms with van der Waals surface area (Å²) in [7, 11) is 0. The summed E-state index contributed by atoms with van der Waals surface area (Å²) < 4.78 is 0. The van der Waals surface area contributed by atoms with Crippen LogP contribution < -0.4 is 5.32 Å². The molecule has 0 saturated carbocycles. The van der Waals surface area contributed by atoms with Crippen molar-refractivity contribution >= 4 is 35.0 Å². The molecule has 4 nitrogen and oxygen atoms in total. The largest absolute Gasteiger partial charge is 0.349 e. The second-order valence-electron chi connectivity index (χ2n) is 6.54. The number of benzene rings is 2. The lowest BCUT2D eigenvalue weighted by molar-refractivity contribution is 0.0698. The molecule has 136 valence electrons. The van der Waals surface area contributed by atoms with Crippen LogP contribution in [-0.2, 0) is 0 Å². The van der Waals surface area contributed by atoms with E-state index in [4.69, 9.17) is 23.2 Å². The molecule has 1 aliphatic heterocycles. The van der Waals surface area contributed by atoms with Gasteiger partial charge in [-0.25, -0.2) is 0 Å². The van der Waals surface area contributed by atoms with Crippen molar-refractivity contribution in [3.05, 3.63) is 69.2 Å². The van der Waals surface area contributed by atoms with E-state index in [-0.39, 0.29) is 17.9 Å². The van der Waals surface area contributed by atoms with Gasteiger partial charge in [-0.3, -0.25) is 9.59 Å². The Morgan fingerprint density at radius 1 is 1.00 bits per heavy atom. The third-order valence-electron chi connectivity index (χ3n) is 4.56. The zero-order chi connectivity index (χ0) is 18.7. The topological polar surface area (TPSA) is 49.4 Å². The van der Waals surface area contributed by atoms with Gasteiger partial charge in [-0.05, 0) is 50.1 Å². The van der Waals surface area contributed by atoms with Crippen molar-refractivity contribution in [3.8, 4) is 0 Å². The highest BCUT2D eigenvalue weighted by atomic mass is 35.5. The number of piperidine rings is 1. The molecule has 3 rings (SSSR count). The maximum Gasteiger partial charge on any atom is 0.253 e. The molecule has 1 aliphatic rings. The van der Waals surface area contributed by atoms with Gasteiger partial charge in [0.25, 0.3) is 11.8 Å². The average Bonchev–Trinajstić information content (AvgIpc) is 2.64. The zero-order valence-electron chi connectivity index (χ0n) is 14.5.